The third-order valence-electron chi connectivity index (χ3n) is 3.86. The van der Waals surface area contributed by atoms with Gasteiger partial charge in [-0.05, 0) is 36.8 Å². The fourth-order valence-corrected chi connectivity index (χ4v) is 2.48. The summed E-state index contributed by atoms with van der Waals surface area (Å²) in [6.45, 7) is 5.20. The number of ether oxygens (including phenoxy) is 2. The zero-order chi connectivity index (χ0) is 17.5. The molecule has 0 atom stereocenters. The van der Waals surface area contributed by atoms with Crippen molar-refractivity contribution in [2.45, 2.75) is 19.9 Å². The second-order valence-electron chi connectivity index (χ2n) is 5.87. The van der Waals surface area contributed by atoms with Crippen molar-refractivity contribution in [3.05, 3.63) is 48.2 Å². The molecular weight excluding hydrogens is 316 g/mol. The predicted molar refractivity (Wildman–Crippen MR) is 98.3 cm³/mol. The number of hydrogen-bond acceptors (Lipinski definition) is 6. The first-order valence-corrected chi connectivity index (χ1v) is 8.60. The van der Waals surface area contributed by atoms with Crippen molar-refractivity contribution in [2.75, 3.05) is 26.7 Å². The average molecular weight is 340 g/mol. The van der Waals surface area contributed by atoms with Crippen LogP contribution in [-0.4, -0.2) is 42.6 Å². The Kier molecular flexibility index (Phi) is 5.72. The molecule has 0 saturated carbocycles. The lowest BCUT2D eigenvalue weighted by atomic mass is 10.2. The number of rotatable bonds is 7. The van der Waals surface area contributed by atoms with E-state index in [1.54, 1.807) is 6.20 Å². The molecule has 1 aliphatic heterocycles. The van der Waals surface area contributed by atoms with Gasteiger partial charge in [-0.3, -0.25) is 4.99 Å². The lowest BCUT2D eigenvalue weighted by molar-refractivity contribution is 0.317. The van der Waals surface area contributed by atoms with Crippen LogP contribution in [0.4, 0.5) is 0 Å². The SMILES string of the molecule is CCCOc1ccc(Oc2ncccc2CNC2=NCCN2C)cc1. The zero-order valence-corrected chi connectivity index (χ0v) is 14.7. The minimum atomic E-state index is 0.596. The van der Waals surface area contributed by atoms with Crippen LogP contribution in [0, 0.1) is 0 Å². The average Bonchev–Trinajstić information content (AvgIpc) is 3.05. The van der Waals surface area contributed by atoms with Crippen molar-refractivity contribution in [2.24, 2.45) is 4.99 Å². The lowest BCUT2D eigenvalue weighted by Crippen LogP contribution is -2.35. The van der Waals surface area contributed by atoms with E-state index in [0.717, 1.165) is 42.5 Å². The highest BCUT2D eigenvalue weighted by atomic mass is 16.5. The van der Waals surface area contributed by atoms with E-state index in [4.69, 9.17) is 9.47 Å². The number of pyridine rings is 1. The summed E-state index contributed by atoms with van der Waals surface area (Å²) >= 11 is 0. The third kappa shape index (κ3) is 4.62. The summed E-state index contributed by atoms with van der Waals surface area (Å²) in [5.74, 6) is 3.09. The number of benzene rings is 1. The normalized spacial score (nSPS) is 13.5. The highest BCUT2D eigenvalue weighted by molar-refractivity contribution is 5.81. The summed E-state index contributed by atoms with van der Waals surface area (Å²) in [4.78, 5) is 10.9. The summed E-state index contributed by atoms with van der Waals surface area (Å²) in [7, 11) is 2.03. The summed E-state index contributed by atoms with van der Waals surface area (Å²) in [5, 5.41) is 3.34. The number of hydrogen-bond donors (Lipinski definition) is 1. The van der Waals surface area contributed by atoms with Crippen LogP contribution in [-0.2, 0) is 6.54 Å². The summed E-state index contributed by atoms with van der Waals surface area (Å²) < 4.78 is 11.5. The summed E-state index contributed by atoms with van der Waals surface area (Å²) in [6.07, 6.45) is 2.72. The Morgan fingerprint density at radius 1 is 1.16 bits per heavy atom. The molecule has 3 rings (SSSR count). The van der Waals surface area contributed by atoms with Crippen LogP contribution in [0.2, 0.25) is 0 Å². The van der Waals surface area contributed by atoms with Crippen molar-refractivity contribution < 1.29 is 9.47 Å². The quantitative estimate of drug-likeness (QED) is 0.839. The maximum absolute atomic E-state index is 5.95. The fourth-order valence-electron chi connectivity index (χ4n) is 2.48. The topological polar surface area (TPSA) is 59.0 Å². The Morgan fingerprint density at radius 3 is 2.68 bits per heavy atom. The van der Waals surface area contributed by atoms with Gasteiger partial charge in [0.15, 0.2) is 5.96 Å². The Balaban J connectivity index is 1.64. The van der Waals surface area contributed by atoms with Gasteiger partial charge in [0.2, 0.25) is 5.88 Å². The van der Waals surface area contributed by atoms with E-state index in [9.17, 15) is 0 Å². The van der Waals surface area contributed by atoms with Gasteiger partial charge >= 0.3 is 0 Å². The van der Waals surface area contributed by atoms with Crippen LogP contribution >= 0.6 is 0 Å². The largest absolute Gasteiger partial charge is 0.494 e. The van der Waals surface area contributed by atoms with Crippen LogP contribution in [0.15, 0.2) is 47.6 Å². The number of guanidine groups is 1. The molecule has 0 amide bonds. The maximum Gasteiger partial charge on any atom is 0.224 e. The Hall–Kier alpha value is -2.76. The first-order valence-electron chi connectivity index (χ1n) is 8.60. The highest BCUT2D eigenvalue weighted by Crippen LogP contribution is 2.25. The minimum absolute atomic E-state index is 0.596. The molecule has 0 radical (unpaired) electrons. The number of nitrogens with zero attached hydrogens (tertiary/aromatic N) is 3. The van der Waals surface area contributed by atoms with Gasteiger partial charge in [0.25, 0.3) is 0 Å². The molecular formula is C19H24N4O2. The van der Waals surface area contributed by atoms with Gasteiger partial charge in [-0.1, -0.05) is 13.0 Å². The zero-order valence-electron chi connectivity index (χ0n) is 14.7. The molecule has 0 saturated heterocycles. The standard InChI is InChI=1S/C19H24N4O2/c1-3-13-24-16-6-8-17(9-7-16)25-18-15(5-4-10-20-18)14-22-19-21-11-12-23(19)2/h4-10H,3,11-14H2,1-2H3,(H,21,22). The second kappa shape index (κ2) is 8.37. The van der Waals surface area contributed by atoms with Crippen molar-refractivity contribution in [3.63, 3.8) is 0 Å². The van der Waals surface area contributed by atoms with Gasteiger partial charge in [0, 0.05) is 31.9 Å². The Morgan fingerprint density at radius 2 is 1.96 bits per heavy atom. The molecule has 0 unspecified atom stereocenters. The van der Waals surface area contributed by atoms with Crippen LogP contribution in [0.25, 0.3) is 0 Å². The molecule has 0 spiro atoms. The molecule has 6 heteroatoms. The van der Waals surface area contributed by atoms with Crippen molar-refractivity contribution in [1.82, 2.24) is 15.2 Å². The number of nitrogens with one attached hydrogen (secondary N) is 1. The number of aliphatic imine (C=N–C) groups is 1. The molecule has 1 aliphatic rings. The van der Waals surface area contributed by atoms with E-state index in [2.05, 4.69) is 27.1 Å². The molecule has 1 aromatic carbocycles. The third-order valence-corrected chi connectivity index (χ3v) is 3.86. The second-order valence-corrected chi connectivity index (χ2v) is 5.87. The molecule has 0 bridgehead atoms. The molecule has 0 aliphatic carbocycles. The molecule has 25 heavy (non-hydrogen) atoms. The van der Waals surface area contributed by atoms with Gasteiger partial charge in [-0.25, -0.2) is 4.98 Å². The predicted octanol–water partition coefficient (Wildman–Crippen LogP) is 3.05. The van der Waals surface area contributed by atoms with Crippen LogP contribution in [0.5, 0.6) is 17.4 Å². The van der Waals surface area contributed by atoms with Crippen molar-refractivity contribution in [3.8, 4) is 17.4 Å². The summed E-state index contributed by atoms with van der Waals surface area (Å²) in [6, 6.07) is 11.5. The van der Waals surface area contributed by atoms with Gasteiger partial charge in [-0.2, -0.15) is 0 Å². The monoisotopic (exact) mass is 340 g/mol. The van der Waals surface area contributed by atoms with Crippen molar-refractivity contribution in [1.29, 1.82) is 0 Å². The van der Waals surface area contributed by atoms with Crippen LogP contribution < -0.4 is 14.8 Å². The first kappa shape index (κ1) is 17.1. The molecule has 1 N–H and O–H groups in total. The van der Waals surface area contributed by atoms with E-state index in [-0.39, 0.29) is 0 Å². The lowest BCUT2D eigenvalue weighted by Gasteiger charge is -2.16. The fraction of sp³-hybridized carbons (Fsp3) is 0.368. The van der Waals surface area contributed by atoms with Gasteiger partial charge in [-0.15, -0.1) is 0 Å². The molecule has 0 fully saturated rings. The van der Waals surface area contributed by atoms with E-state index >= 15 is 0 Å². The maximum atomic E-state index is 5.95. The van der Waals surface area contributed by atoms with E-state index in [1.165, 1.54) is 0 Å². The van der Waals surface area contributed by atoms with Gasteiger partial charge in [0.1, 0.15) is 11.5 Å². The number of aromatic nitrogens is 1. The molecule has 2 aromatic rings. The molecule has 132 valence electrons. The summed E-state index contributed by atoms with van der Waals surface area (Å²) in [5.41, 5.74) is 0.983. The minimum Gasteiger partial charge on any atom is -0.494 e. The van der Waals surface area contributed by atoms with E-state index < -0.39 is 0 Å². The van der Waals surface area contributed by atoms with Gasteiger partial charge in [0.05, 0.1) is 13.2 Å². The van der Waals surface area contributed by atoms with Crippen LogP contribution in [0.3, 0.4) is 0 Å². The number of likely N-dealkylation sites (N-methyl/N-ethyl adjacent to an activating group) is 1. The first-order chi connectivity index (χ1) is 12.3. The van der Waals surface area contributed by atoms with Crippen molar-refractivity contribution >= 4 is 5.96 Å². The highest BCUT2D eigenvalue weighted by Gasteiger charge is 2.13. The molecule has 1 aromatic heterocycles. The van der Waals surface area contributed by atoms with Crippen LogP contribution in [0.1, 0.15) is 18.9 Å². The Labute approximate surface area is 148 Å². The Bertz CT molecular complexity index is 716. The van der Waals surface area contributed by atoms with E-state index in [1.807, 2.05) is 43.4 Å². The molecule has 6 nitrogen and oxygen atoms in total. The molecule has 2 heterocycles. The smallest absolute Gasteiger partial charge is 0.224 e. The van der Waals surface area contributed by atoms with E-state index in [0.29, 0.717) is 19.0 Å². The van der Waals surface area contributed by atoms with Gasteiger partial charge < -0.3 is 19.7 Å².